The summed E-state index contributed by atoms with van der Waals surface area (Å²) in [6.45, 7) is 7.76. The minimum atomic E-state index is -0.556. The molecule has 0 aliphatic carbocycles. The summed E-state index contributed by atoms with van der Waals surface area (Å²) in [5.74, 6) is 0.226. The molecule has 2 aromatic heterocycles. The van der Waals surface area contributed by atoms with Crippen molar-refractivity contribution in [2.75, 3.05) is 5.32 Å². The fourth-order valence-electron chi connectivity index (χ4n) is 1.93. The van der Waals surface area contributed by atoms with E-state index in [-0.39, 0.29) is 17.1 Å². The van der Waals surface area contributed by atoms with Gasteiger partial charge in [0.1, 0.15) is 15.9 Å². The minimum Gasteiger partial charge on any atom is -0.366 e. The van der Waals surface area contributed by atoms with Crippen molar-refractivity contribution in [2.45, 2.75) is 43.9 Å². The van der Waals surface area contributed by atoms with Crippen molar-refractivity contribution in [1.82, 2.24) is 9.97 Å². The summed E-state index contributed by atoms with van der Waals surface area (Å²) < 4.78 is 0. The van der Waals surface area contributed by atoms with E-state index in [9.17, 15) is 9.59 Å². The molecule has 0 saturated carbocycles. The number of anilines is 1. The molecule has 1 atom stereocenters. The van der Waals surface area contributed by atoms with Crippen molar-refractivity contribution >= 4 is 39.9 Å². The molecule has 0 aliphatic rings. The molecular weight excluding hydrogens is 344 g/mol. The molecule has 2 rings (SSSR count). The van der Waals surface area contributed by atoms with Gasteiger partial charge in [-0.05, 0) is 31.4 Å². The van der Waals surface area contributed by atoms with Crippen molar-refractivity contribution in [3.63, 3.8) is 0 Å². The first-order valence-corrected chi connectivity index (χ1v) is 9.24. The fraction of sp³-hybridized carbons (Fsp3) is 0.375. The highest BCUT2D eigenvalue weighted by Gasteiger charge is 2.19. The second-order valence-electron chi connectivity index (χ2n) is 5.64. The lowest BCUT2D eigenvalue weighted by Crippen LogP contribution is -2.24. The van der Waals surface area contributed by atoms with Gasteiger partial charge < -0.3 is 11.1 Å². The van der Waals surface area contributed by atoms with Crippen LogP contribution in [-0.2, 0) is 4.79 Å². The summed E-state index contributed by atoms with van der Waals surface area (Å²) in [7, 11) is 0. The molecule has 0 aliphatic heterocycles. The van der Waals surface area contributed by atoms with E-state index in [4.69, 9.17) is 5.73 Å². The van der Waals surface area contributed by atoms with Crippen LogP contribution in [0.2, 0.25) is 0 Å². The summed E-state index contributed by atoms with van der Waals surface area (Å²) in [6.07, 6.45) is 0. The number of carbonyl (C=O) groups is 2. The van der Waals surface area contributed by atoms with Crippen LogP contribution in [-0.4, -0.2) is 27.0 Å². The maximum atomic E-state index is 12.4. The first kappa shape index (κ1) is 18.4. The Hall–Kier alpha value is -1.93. The van der Waals surface area contributed by atoms with Crippen LogP contribution in [0, 0.1) is 6.92 Å². The Kier molecular flexibility index (Phi) is 5.95. The van der Waals surface area contributed by atoms with Crippen LogP contribution in [0.25, 0.3) is 0 Å². The van der Waals surface area contributed by atoms with Gasteiger partial charge in [-0.3, -0.25) is 9.59 Å². The van der Waals surface area contributed by atoms with E-state index in [0.717, 1.165) is 16.5 Å². The van der Waals surface area contributed by atoms with Gasteiger partial charge >= 0.3 is 0 Å². The first-order valence-electron chi connectivity index (χ1n) is 7.48. The van der Waals surface area contributed by atoms with Crippen LogP contribution < -0.4 is 11.1 Å². The van der Waals surface area contributed by atoms with E-state index < -0.39 is 5.91 Å². The number of nitrogens with two attached hydrogens (primary N) is 1. The predicted molar refractivity (Wildman–Crippen MR) is 97.6 cm³/mol. The molecule has 0 aromatic carbocycles. The second kappa shape index (κ2) is 7.76. The topological polar surface area (TPSA) is 98.0 Å². The van der Waals surface area contributed by atoms with Gasteiger partial charge in [-0.2, -0.15) is 0 Å². The van der Waals surface area contributed by atoms with E-state index in [1.54, 1.807) is 18.4 Å². The Morgan fingerprint density at radius 3 is 2.62 bits per heavy atom. The summed E-state index contributed by atoms with van der Waals surface area (Å²) in [4.78, 5) is 32.6. The Labute approximate surface area is 149 Å². The smallest absolute Gasteiger partial charge is 0.251 e. The number of aromatic nitrogens is 2. The number of primary amides is 1. The molecule has 2 amide bonds. The quantitative estimate of drug-likeness (QED) is 0.606. The summed E-state index contributed by atoms with van der Waals surface area (Å²) >= 11 is 2.63. The largest absolute Gasteiger partial charge is 0.366 e. The van der Waals surface area contributed by atoms with E-state index in [1.165, 1.54) is 23.1 Å². The lowest BCUT2D eigenvalue weighted by Gasteiger charge is -2.13. The number of hydrogen-bond acceptors (Lipinski definition) is 6. The van der Waals surface area contributed by atoms with Gasteiger partial charge in [0.05, 0.1) is 10.8 Å². The van der Waals surface area contributed by atoms with Gasteiger partial charge in [-0.15, -0.1) is 11.3 Å². The van der Waals surface area contributed by atoms with Gasteiger partial charge in [0, 0.05) is 11.6 Å². The van der Waals surface area contributed by atoms with Crippen LogP contribution in [0.1, 0.15) is 48.6 Å². The van der Waals surface area contributed by atoms with Crippen LogP contribution >= 0.6 is 23.1 Å². The van der Waals surface area contributed by atoms with Crippen molar-refractivity contribution < 1.29 is 9.59 Å². The number of hydrogen-bond donors (Lipinski definition) is 2. The number of rotatable bonds is 6. The van der Waals surface area contributed by atoms with E-state index >= 15 is 0 Å². The Morgan fingerprint density at radius 1 is 1.29 bits per heavy atom. The maximum absolute atomic E-state index is 12.4. The van der Waals surface area contributed by atoms with Crippen LogP contribution in [0.4, 0.5) is 5.00 Å². The Balaban J connectivity index is 2.09. The monoisotopic (exact) mass is 364 g/mol. The summed E-state index contributed by atoms with van der Waals surface area (Å²) in [5, 5.41) is 5.34. The molecule has 0 radical (unpaired) electrons. The molecule has 2 aromatic rings. The standard InChI is InChI=1S/C16H20N4O2S2/c1-8(2)14-18-9(3)7-12(19-14)24-10(4)15(22)20-16-11(13(17)21)5-6-23-16/h5-8,10H,1-4H3,(H2,17,21)(H,20,22)/t10-/m1/s1. The van der Waals surface area contributed by atoms with E-state index in [1.807, 2.05) is 26.8 Å². The van der Waals surface area contributed by atoms with Gasteiger partial charge in [0.25, 0.3) is 5.91 Å². The van der Waals surface area contributed by atoms with Gasteiger partial charge in [-0.25, -0.2) is 9.97 Å². The maximum Gasteiger partial charge on any atom is 0.251 e. The average molecular weight is 364 g/mol. The second-order valence-corrected chi connectivity index (χ2v) is 7.91. The Bertz CT molecular complexity index is 758. The molecule has 8 heteroatoms. The normalized spacial score (nSPS) is 12.2. The molecule has 0 spiro atoms. The van der Waals surface area contributed by atoms with Crippen LogP contribution in [0.5, 0.6) is 0 Å². The highest BCUT2D eigenvalue weighted by atomic mass is 32.2. The summed E-state index contributed by atoms with van der Waals surface area (Å²) in [6, 6.07) is 3.46. The molecule has 0 unspecified atom stereocenters. The van der Waals surface area contributed by atoms with E-state index in [2.05, 4.69) is 15.3 Å². The van der Waals surface area contributed by atoms with Crippen LogP contribution in [0.15, 0.2) is 22.5 Å². The lowest BCUT2D eigenvalue weighted by atomic mass is 10.2. The number of thiophene rings is 1. The molecule has 6 nitrogen and oxygen atoms in total. The molecule has 0 saturated heterocycles. The SMILES string of the molecule is Cc1cc(S[C@H](C)C(=O)Nc2sccc2C(N)=O)nc(C(C)C)n1. The minimum absolute atomic E-state index is 0.202. The molecule has 0 fully saturated rings. The third-order valence-electron chi connectivity index (χ3n) is 3.20. The van der Waals surface area contributed by atoms with Crippen LogP contribution in [0.3, 0.4) is 0 Å². The lowest BCUT2D eigenvalue weighted by molar-refractivity contribution is -0.115. The highest BCUT2D eigenvalue weighted by molar-refractivity contribution is 8.00. The number of aryl methyl sites for hydroxylation is 1. The molecule has 128 valence electrons. The number of amides is 2. The number of nitrogens with one attached hydrogen (secondary N) is 1. The first-order chi connectivity index (χ1) is 11.3. The summed E-state index contributed by atoms with van der Waals surface area (Å²) in [5.41, 5.74) is 6.49. The van der Waals surface area contributed by atoms with Crippen molar-refractivity contribution in [3.8, 4) is 0 Å². The third kappa shape index (κ3) is 4.55. The third-order valence-corrected chi connectivity index (χ3v) is 5.05. The zero-order chi connectivity index (χ0) is 17.9. The van der Waals surface area contributed by atoms with E-state index in [0.29, 0.717) is 10.6 Å². The zero-order valence-corrected chi connectivity index (χ0v) is 15.6. The Morgan fingerprint density at radius 2 is 2.00 bits per heavy atom. The van der Waals surface area contributed by atoms with Gasteiger partial charge in [0.15, 0.2) is 0 Å². The number of carbonyl (C=O) groups excluding carboxylic acids is 2. The highest BCUT2D eigenvalue weighted by Crippen LogP contribution is 2.27. The van der Waals surface area contributed by atoms with Gasteiger partial charge in [-0.1, -0.05) is 25.6 Å². The molecular formula is C16H20N4O2S2. The zero-order valence-electron chi connectivity index (χ0n) is 14.0. The van der Waals surface area contributed by atoms with Crippen molar-refractivity contribution in [3.05, 3.63) is 34.6 Å². The molecule has 2 heterocycles. The van der Waals surface area contributed by atoms with Gasteiger partial charge in [0.2, 0.25) is 5.91 Å². The average Bonchev–Trinajstić information content (AvgIpc) is 2.94. The van der Waals surface area contributed by atoms with Crippen molar-refractivity contribution in [2.24, 2.45) is 5.73 Å². The number of nitrogens with zero attached hydrogens (tertiary/aromatic N) is 2. The molecule has 3 N–H and O–H groups in total. The predicted octanol–water partition coefficient (Wildman–Crippen LogP) is 3.19. The molecule has 24 heavy (non-hydrogen) atoms. The fourth-order valence-corrected chi connectivity index (χ4v) is 3.64. The molecule has 0 bridgehead atoms. The van der Waals surface area contributed by atoms with Crippen molar-refractivity contribution in [1.29, 1.82) is 0 Å². The number of thioether (sulfide) groups is 1.